The van der Waals surface area contributed by atoms with Crippen molar-refractivity contribution in [3.05, 3.63) is 0 Å². The summed E-state index contributed by atoms with van der Waals surface area (Å²) in [6.45, 7) is 4.39. The van der Waals surface area contributed by atoms with Crippen LogP contribution in [0.4, 0.5) is 0 Å². The number of nitrogens with one attached hydrogen (secondary N) is 7. The Morgan fingerprint density at radius 1 is 0.587 bits per heavy atom. The van der Waals surface area contributed by atoms with Gasteiger partial charge in [0.25, 0.3) is 0 Å². The number of nitrogens with two attached hydrogens (primary N) is 3. The second-order valence-electron chi connectivity index (χ2n) is 10.9. The summed E-state index contributed by atoms with van der Waals surface area (Å²) in [5, 5.41) is 17.2. The first kappa shape index (κ1) is 41.8. The van der Waals surface area contributed by atoms with Gasteiger partial charge in [-0.2, -0.15) is 0 Å². The summed E-state index contributed by atoms with van der Waals surface area (Å²) in [5.41, 5.74) is 16.6. The normalized spacial score (nSPS) is 13.3. The Kier molecular flexibility index (Phi) is 21.9. The molecule has 18 nitrogen and oxygen atoms in total. The molecule has 0 radical (unpaired) electrons. The maximum absolute atomic E-state index is 13.1. The third-order valence-corrected chi connectivity index (χ3v) is 6.32. The summed E-state index contributed by atoms with van der Waals surface area (Å²) in [6, 6.07) is -4.10. The van der Waals surface area contributed by atoms with E-state index in [0.717, 1.165) is 0 Å². The minimum Gasteiger partial charge on any atom is -0.347 e. The van der Waals surface area contributed by atoms with Crippen molar-refractivity contribution >= 4 is 47.6 Å². The van der Waals surface area contributed by atoms with E-state index < -0.39 is 72.7 Å². The predicted octanol–water partition coefficient (Wildman–Crippen LogP) is -4.63. The van der Waals surface area contributed by atoms with Gasteiger partial charge in [-0.1, -0.05) is 20.8 Å². The van der Waals surface area contributed by atoms with Crippen LogP contribution in [0.3, 0.4) is 0 Å². The molecule has 262 valence electrons. The Morgan fingerprint density at radius 3 is 1.59 bits per heavy atom. The molecular weight excluding hydrogens is 604 g/mol. The lowest BCUT2D eigenvalue weighted by Gasteiger charge is -2.25. The standard InChI is InChI=1S/C28H52N10O8/c1-4-5-22(40)32-13-23(41)33-14-24(42)36-19(7-10-30)26(44)34-15-25(43)37-21(12-17(2)3)28(46)38-20(8-11-31)27(45)35-18(16-39)6-9-29/h16-21H,4-15,29-31H2,1-3H3,(H,32,40)(H,33,41)(H,34,44)(H,35,45)(H,36,42)(H,37,43)(H,38,46). The van der Waals surface area contributed by atoms with Crippen LogP contribution in [0.25, 0.3) is 0 Å². The van der Waals surface area contributed by atoms with Crippen LogP contribution in [0.1, 0.15) is 59.3 Å². The number of rotatable bonds is 24. The Bertz CT molecular complexity index is 1030. The number of carbonyl (C=O) groups is 8. The molecule has 0 aromatic carbocycles. The summed E-state index contributed by atoms with van der Waals surface area (Å²) >= 11 is 0. The second kappa shape index (κ2) is 24.1. The minimum atomic E-state index is -1.12. The first-order chi connectivity index (χ1) is 21.8. The molecule has 0 spiro atoms. The van der Waals surface area contributed by atoms with E-state index in [0.29, 0.717) is 12.7 Å². The van der Waals surface area contributed by atoms with Crippen molar-refractivity contribution in [3.8, 4) is 0 Å². The molecule has 0 bridgehead atoms. The van der Waals surface area contributed by atoms with Gasteiger partial charge in [-0.25, -0.2) is 0 Å². The third-order valence-electron chi connectivity index (χ3n) is 6.32. The SMILES string of the molecule is CCCC(=O)NCC(=O)NCC(=O)NC(CCN)C(=O)NCC(=O)NC(CC(C)C)C(=O)NC(CCN)C(=O)NC(C=O)CCN. The van der Waals surface area contributed by atoms with Crippen LogP contribution in [-0.2, 0) is 38.4 Å². The zero-order valence-corrected chi connectivity index (χ0v) is 26.9. The van der Waals surface area contributed by atoms with Crippen molar-refractivity contribution in [2.75, 3.05) is 39.3 Å². The van der Waals surface area contributed by atoms with Crippen molar-refractivity contribution in [1.29, 1.82) is 0 Å². The number of amides is 7. The van der Waals surface area contributed by atoms with E-state index in [1.54, 1.807) is 0 Å². The van der Waals surface area contributed by atoms with Crippen molar-refractivity contribution in [1.82, 2.24) is 37.2 Å². The van der Waals surface area contributed by atoms with Crippen molar-refractivity contribution in [2.24, 2.45) is 23.1 Å². The van der Waals surface area contributed by atoms with Gasteiger partial charge >= 0.3 is 0 Å². The second-order valence-corrected chi connectivity index (χ2v) is 10.9. The lowest BCUT2D eigenvalue weighted by molar-refractivity contribution is -0.133. The van der Waals surface area contributed by atoms with Crippen LogP contribution in [0.15, 0.2) is 0 Å². The Morgan fingerprint density at radius 2 is 1.07 bits per heavy atom. The van der Waals surface area contributed by atoms with Crippen molar-refractivity contribution in [3.63, 3.8) is 0 Å². The molecule has 0 fully saturated rings. The Labute approximate surface area is 269 Å². The topological polar surface area (TPSA) is 299 Å². The van der Waals surface area contributed by atoms with E-state index in [1.807, 2.05) is 20.8 Å². The fraction of sp³-hybridized carbons (Fsp3) is 0.714. The maximum Gasteiger partial charge on any atom is 0.243 e. The molecule has 46 heavy (non-hydrogen) atoms. The first-order valence-electron chi connectivity index (χ1n) is 15.4. The van der Waals surface area contributed by atoms with Gasteiger partial charge in [0.1, 0.15) is 24.4 Å². The minimum absolute atomic E-state index is 0.0222. The summed E-state index contributed by atoms with van der Waals surface area (Å²) in [4.78, 5) is 98.2. The molecule has 0 saturated carbocycles. The predicted molar refractivity (Wildman–Crippen MR) is 168 cm³/mol. The molecule has 4 atom stereocenters. The molecular formula is C28H52N10O8. The van der Waals surface area contributed by atoms with E-state index in [2.05, 4.69) is 37.2 Å². The van der Waals surface area contributed by atoms with E-state index in [9.17, 15) is 38.4 Å². The number of carbonyl (C=O) groups excluding carboxylic acids is 8. The maximum atomic E-state index is 13.1. The quantitative estimate of drug-likeness (QED) is 0.0441. The van der Waals surface area contributed by atoms with Gasteiger partial charge in [-0.05, 0) is 57.7 Å². The monoisotopic (exact) mass is 656 g/mol. The molecule has 0 aliphatic rings. The Hall–Kier alpha value is -4.16. The molecule has 13 N–H and O–H groups in total. The van der Waals surface area contributed by atoms with Gasteiger partial charge in [-0.3, -0.25) is 33.6 Å². The summed E-state index contributed by atoms with van der Waals surface area (Å²) < 4.78 is 0. The van der Waals surface area contributed by atoms with E-state index in [4.69, 9.17) is 17.2 Å². The highest BCUT2D eigenvalue weighted by molar-refractivity contribution is 5.95. The average Bonchev–Trinajstić information content (AvgIpc) is 3.00. The van der Waals surface area contributed by atoms with Crippen LogP contribution in [0.2, 0.25) is 0 Å². The van der Waals surface area contributed by atoms with Crippen LogP contribution in [0.5, 0.6) is 0 Å². The summed E-state index contributed by atoms with van der Waals surface area (Å²) in [5.74, 6) is -4.36. The number of hydrogen-bond acceptors (Lipinski definition) is 11. The van der Waals surface area contributed by atoms with Crippen LogP contribution in [0, 0.1) is 5.92 Å². The molecule has 18 heteroatoms. The largest absolute Gasteiger partial charge is 0.347 e. The van der Waals surface area contributed by atoms with Gasteiger partial charge in [0.15, 0.2) is 0 Å². The highest BCUT2D eigenvalue weighted by atomic mass is 16.2. The highest BCUT2D eigenvalue weighted by Crippen LogP contribution is 2.06. The summed E-state index contributed by atoms with van der Waals surface area (Å²) in [7, 11) is 0. The fourth-order valence-corrected chi connectivity index (χ4v) is 4.00. The number of hydrogen-bond donors (Lipinski definition) is 10. The highest BCUT2D eigenvalue weighted by Gasteiger charge is 2.28. The molecule has 0 aliphatic carbocycles. The van der Waals surface area contributed by atoms with Gasteiger partial charge < -0.3 is 59.2 Å². The molecule has 0 saturated heterocycles. The molecule has 0 rings (SSSR count). The van der Waals surface area contributed by atoms with Crippen LogP contribution in [-0.4, -0.2) is 111 Å². The fourth-order valence-electron chi connectivity index (χ4n) is 4.00. The average molecular weight is 657 g/mol. The van der Waals surface area contributed by atoms with E-state index >= 15 is 0 Å². The van der Waals surface area contributed by atoms with Gasteiger partial charge in [0.05, 0.1) is 25.7 Å². The molecule has 0 aliphatic heterocycles. The molecule has 0 aromatic heterocycles. The molecule has 4 unspecified atom stereocenters. The molecule has 7 amide bonds. The van der Waals surface area contributed by atoms with Gasteiger partial charge in [0.2, 0.25) is 41.4 Å². The van der Waals surface area contributed by atoms with E-state index in [-0.39, 0.29) is 70.1 Å². The summed E-state index contributed by atoms with van der Waals surface area (Å²) in [6.07, 6.45) is 1.93. The first-order valence-corrected chi connectivity index (χ1v) is 15.4. The van der Waals surface area contributed by atoms with Crippen molar-refractivity contribution in [2.45, 2.75) is 83.5 Å². The Balaban J connectivity index is 5.15. The zero-order chi connectivity index (χ0) is 35.1. The third kappa shape index (κ3) is 18.6. The lowest BCUT2D eigenvalue weighted by atomic mass is 10.0. The van der Waals surface area contributed by atoms with E-state index in [1.165, 1.54) is 0 Å². The number of aldehydes is 1. The van der Waals surface area contributed by atoms with Crippen molar-refractivity contribution < 1.29 is 38.4 Å². The molecule has 0 aromatic rings. The van der Waals surface area contributed by atoms with Crippen LogP contribution >= 0.6 is 0 Å². The molecule has 0 heterocycles. The smallest absolute Gasteiger partial charge is 0.243 e. The van der Waals surface area contributed by atoms with Gasteiger partial charge in [0, 0.05) is 6.42 Å². The van der Waals surface area contributed by atoms with Crippen LogP contribution < -0.4 is 54.4 Å². The van der Waals surface area contributed by atoms with Gasteiger partial charge in [-0.15, -0.1) is 0 Å². The lowest BCUT2D eigenvalue weighted by Crippen LogP contribution is -2.57. The zero-order valence-electron chi connectivity index (χ0n) is 26.9.